The van der Waals surface area contributed by atoms with E-state index in [0.717, 1.165) is 35.3 Å². The van der Waals surface area contributed by atoms with E-state index in [2.05, 4.69) is 66.7 Å². The van der Waals surface area contributed by atoms with Crippen LogP contribution in [0.4, 0.5) is 0 Å². The first-order valence-electron chi connectivity index (χ1n) is 7.75. The van der Waals surface area contributed by atoms with Crippen LogP contribution in [0.2, 0.25) is 0 Å². The van der Waals surface area contributed by atoms with Crippen LogP contribution in [0.1, 0.15) is 39.7 Å². The number of benzene rings is 1. The van der Waals surface area contributed by atoms with E-state index in [1.807, 2.05) is 0 Å². The quantitative estimate of drug-likeness (QED) is 0.651. The van der Waals surface area contributed by atoms with E-state index in [1.165, 1.54) is 5.56 Å². The van der Waals surface area contributed by atoms with Gasteiger partial charge in [0, 0.05) is 24.5 Å². The highest BCUT2D eigenvalue weighted by Gasteiger charge is 2.16. The number of thioether (sulfide) groups is 1. The summed E-state index contributed by atoms with van der Waals surface area (Å²) in [4.78, 5) is 0. The van der Waals surface area contributed by atoms with Crippen molar-refractivity contribution in [3.05, 3.63) is 29.8 Å². The molecule has 0 unspecified atom stereocenters. The lowest BCUT2D eigenvalue weighted by Gasteiger charge is -2.19. The minimum atomic E-state index is 0.155. The third-order valence-corrected chi connectivity index (χ3v) is 4.63. The number of rotatable bonds is 6. The van der Waals surface area contributed by atoms with Crippen LogP contribution in [0.5, 0.6) is 0 Å². The molecule has 0 spiro atoms. The predicted molar refractivity (Wildman–Crippen MR) is 92.3 cm³/mol. The molecule has 2 aromatic rings. The summed E-state index contributed by atoms with van der Waals surface area (Å²) in [5, 5.41) is 18.5. The Balaban J connectivity index is 2.25. The Labute approximate surface area is 137 Å². The molecule has 0 saturated carbocycles. The van der Waals surface area contributed by atoms with Gasteiger partial charge in [-0.3, -0.25) is 0 Å². The Bertz CT molecular complexity index is 599. The highest BCUT2D eigenvalue weighted by Crippen LogP contribution is 2.27. The first kappa shape index (κ1) is 17.0. The largest absolute Gasteiger partial charge is 0.396 e. The maximum absolute atomic E-state index is 8.89. The molecule has 0 amide bonds. The second kappa shape index (κ2) is 7.29. The van der Waals surface area contributed by atoms with Gasteiger partial charge in [0.2, 0.25) is 0 Å². The third-order valence-electron chi connectivity index (χ3n) is 3.58. The highest BCUT2D eigenvalue weighted by atomic mass is 32.2. The molecule has 0 fully saturated rings. The summed E-state index contributed by atoms with van der Waals surface area (Å²) in [7, 11) is 0. The molecule has 0 bridgehead atoms. The van der Waals surface area contributed by atoms with Crippen LogP contribution in [-0.2, 0) is 12.0 Å². The SMILES string of the molecule is CCn1c(SCCCO)nnc1-c1ccc(C(C)(C)C)cc1. The van der Waals surface area contributed by atoms with Crippen molar-refractivity contribution in [2.24, 2.45) is 0 Å². The summed E-state index contributed by atoms with van der Waals surface area (Å²) in [5.41, 5.74) is 2.56. The molecular formula is C17H25N3OS. The average molecular weight is 319 g/mol. The van der Waals surface area contributed by atoms with Crippen LogP contribution in [0, 0.1) is 0 Å². The first-order chi connectivity index (χ1) is 10.5. The normalized spacial score (nSPS) is 11.9. The molecule has 0 saturated heterocycles. The van der Waals surface area contributed by atoms with Gasteiger partial charge in [-0.05, 0) is 24.3 Å². The van der Waals surface area contributed by atoms with Crippen LogP contribution in [0.25, 0.3) is 11.4 Å². The summed E-state index contributed by atoms with van der Waals surface area (Å²) in [6.07, 6.45) is 0.775. The summed E-state index contributed by atoms with van der Waals surface area (Å²) in [5.74, 6) is 1.77. The Morgan fingerprint density at radius 3 is 2.36 bits per heavy atom. The summed E-state index contributed by atoms with van der Waals surface area (Å²) in [6.45, 7) is 9.80. The minimum absolute atomic E-state index is 0.155. The Hall–Kier alpha value is -1.33. The molecule has 5 heteroatoms. The van der Waals surface area contributed by atoms with Crippen molar-refractivity contribution in [2.45, 2.75) is 51.2 Å². The third kappa shape index (κ3) is 3.90. The molecule has 0 atom stereocenters. The second-order valence-corrected chi connectivity index (χ2v) is 7.37. The topological polar surface area (TPSA) is 50.9 Å². The zero-order chi connectivity index (χ0) is 16.2. The lowest BCUT2D eigenvalue weighted by atomic mass is 9.87. The fourth-order valence-electron chi connectivity index (χ4n) is 2.24. The zero-order valence-corrected chi connectivity index (χ0v) is 14.7. The summed E-state index contributed by atoms with van der Waals surface area (Å²) in [6, 6.07) is 8.59. The summed E-state index contributed by atoms with van der Waals surface area (Å²) >= 11 is 1.65. The monoisotopic (exact) mass is 319 g/mol. The van der Waals surface area contributed by atoms with Gasteiger partial charge in [0.25, 0.3) is 0 Å². The van der Waals surface area contributed by atoms with Crippen LogP contribution in [0.15, 0.2) is 29.4 Å². The summed E-state index contributed by atoms with van der Waals surface area (Å²) < 4.78 is 2.13. The molecule has 0 radical (unpaired) electrons. The molecule has 0 aliphatic carbocycles. The molecule has 1 heterocycles. The van der Waals surface area contributed by atoms with Gasteiger partial charge in [-0.1, -0.05) is 56.8 Å². The maximum Gasteiger partial charge on any atom is 0.191 e. The van der Waals surface area contributed by atoms with E-state index in [-0.39, 0.29) is 12.0 Å². The standard InChI is InChI=1S/C17H25N3OS/c1-5-20-15(18-19-16(20)22-12-6-11-21)13-7-9-14(10-8-13)17(2,3)4/h7-10,21H,5-6,11-12H2,1-4H3. The van der Waals surface area contributed by atoms with E-state index in [9.17, 15) is 0 Å². The van der Waals surface area contributed by atoms with Gasteiger partial charge >= 0.3 is 0 Å². The van der Waals surface area contributed by atoms with Crippen molar-refractivity contribution in [1.29, 1.82) is 0 Å². The number of hydrogen-bond donors (Lipinski definition) is 1. The van der Waals surface area contributed by atoms with Crippen LogP contribution in [-0.4, -0.2) is 32.2 Å². The highest BCUT2D eigenvalue weighted by molar-refractivity contribution is 7.99. The Morgan fingerprint density at radius 2 is 1.82 bits per heavy atom. The van der Waals surface area contributed by atoms with Gasteiger partial charge in [-0.25, -0.2) is 0 Å². The number of aliphatic hydroxyl groups is 1. The molecular weight excluding hydrogens is 294 g/mol. The predicted octanol–water partition coefficient (Wildman–Crippen LogP) is 3.74. The van der Waals surface area contributed by atoms with Crippen molar-refractivity contribution >= 4 is 11.8 Å². The fraction of sp³-hybridized carbons (Fsp3) is 0.529. The van der Waals surface area contributed by atoms with Crippen LogP contribution in [0.3, 0.4) is 0 Å². The average Bonchev–Trinajstić information content (AvgIpc) is 2.89. The van der Waals surface area contributed by atoms with Crippen molar-refractivity contribution in [3.8, 4) is 11.4 Å². The Morgan fingerprint density at radius 1 is 1.14 bits per heavy atom. The van der Waals surface area contributed by atoms with E-state index in [4.69, 9.17) is 5.11 Å². The maximum atomic E-state index is 8.89. The van der Waals surface area contributed by atoms with Crippen LogP contribution < -0.4 is 0 Å². The minimum Gasteiger partial charge on any atom is -0.396 e. The van der Waals surface area contributed by atoms with E-state index in [1.54, 1.807) is 11.8 Å². The van der Waals surface area contributed by atoms with Gasteiger partial charge in [-0.2, -0.15) is 0 Å². The van der Waals surface area contributed by atoms with Gasteiger partial charge in [0.05, 0.1) is 0 Å². The molecule has 0 aliphatic rings. The van der Waals surface area contributed by atoms with Crippen molar-refractivity contribution < 1.29 is 5.11 Å². The van der Waals surface area contributed by atoms with Gasteiger partial charge < -0.3 is 9.67 Å². The molecule has 1 aromatic heterocycles. The molecule has 2 rings (SSSR count). The molecule has 22 heavy (non-hydrogen) atoms. The molecule has 4 nitrogen and oxygen atoms in total. The second-order valence-electron chi connectivity index (χ2n) is 6.30. The van der Waals surface area contributed by atoms with E-state index >= 15 is 0 Å². The number of hydrogen-bond acceptors (Lipinski definition) is 4. The molecule has 1 aromatic carbocycles. The van der Waals surface area contributed by atoms with Gasteiger partial charge in [0.1, 0.15) is 0 Å². The zero-order valence-electron chi connectivity index (χ0n) is 13.8. The van der Waals surface area contributed by atoms with E-state index in [0.29, 0.717) is 0 Å². The van der Waals surface area contributed by atoms with Crippen molar-refractivity contribution in [1.82, 2.24) is 14.8 Å². The number of aromatic nitrogens is 3. The smallest absolute Gasteiger partial charge is 0.191 e. The molecule has 1 N–H and O–H groups in total. The van der Waals surface area contributed by atoms with Gasteiger partial charge in [0.15, 0.2) is 11.0 Å². The molecule has 120 valence electrons. The van der Waals surface area contributed by atoms with Gasteiger partial charge in [-0.15, -0.1) is 10.2 Å². The number of aliphatic hydroxyl groups excluding tert-OH is 1. The van der Waals surface area contributed by atoms with Crippen molar-refractivity contribution in [2.75, 3.05) is 12.4 Å². The van der Waals surface area contributed by atoms with Crippen molar-refractivity contribution in [3.63, 3.8) is 0 Å². The van der Waals surface area contributed by atoms with E-state index < -0.39 is 0 Å². The molecule has 0 aliphatic heterocycles. The fourth-order valence-corrected chi connectivity index (χ4v) is 3.17. The Kier molecular flexibility index (Phi) is 5.64. The lowest BCUT2D eigenvalue weighted by molar-refractivity contribution is 0.296. The van der Waals surface area contributed by atoms with Crippen LogP contribution >= 0.6 is 11.8 Å². The lowest BCUT2D eigenvalue weighted by Crippen LogP contribution is -2.10. The number of nitrogens with zero attached hydrogens (tertiary/aromatic N) is 3. The first-order valence-corrected chi connectivity index (χ1v) is 8.73.